The standard InChI is InChI=1S/C6H10BrNO2/c7-3-1-2-4-8-5-6(9)10/h1-2,8H,3-5H2,(H,9,10). The van der Waals surface area contributed by atoms with Gasteiger partial charge >= 0.3 is 5.97 Å². The summed E-state index contributed by atoms with van der Waals surface area (Å²) in [5.41, 5.74) is 0. The molecule has 0 aliphatic carbocycles. The molecule has 0 bridgehead atoms. The summed E-state index contributed by atoms with van der Waals surface area (Å²) in [4.78, 5) is 9.94. The first-order valence-electron chi connectivity index (χ1n) is 2.91. The fourth-order valence-electron chi connectivity index (χ4n) is 0.409. The molecule has 0 aromatic heterocycles. The van der Waals surface area contributed by atoms with Crippen molar-refractivity contribution in [3.8, 4) is 0 Å². The topological polar surface area (TPSA) is 49.3 Å². The zero-order valence-electron chi connectivity index (χ0n) is 5.51. The normalized spacial score (nSPS) is 10.5. The summed E-state index contributed by atoms with van der Waals surface area (Å²) in [5, 5.41) is 11.7. The van der Waals surface area contributed by atoms with E-state index in [0.717, 1.165) is 5.33 Å². The van der Waals surface area contributed by atoms with E-state index >= 15 is 0 Å². The second kappa shape index (κ2) is 6.77. The van der Waals surface area contributed by atoms with Crippen LogP contribution in [0.15, 0.2) is 12.2 Å². The number of rotatable bonds is 5. The molecular formula is C6H10BrNO2. The Hall–Kier alpha value is -0.350. The fraction of sp³-hybridized carbons (Fsp3) is 0.500. The van der Waals surface area contributed by atoms with Gasteiger partial charge in [0.05, 0.1) is 6.54 Å². The van der Waals surface area contributed by atoms with Gasteiger partial charge in [-0.25, -0.2) is 0 Å². The predicted octanol–water partition coefficient (Wildman–Crippen LogP) is 0.612. The van der Waals surface area contributed by atoms with Crippen molar-refractivity contribution >= 4 is 21.9 Å². The number of allylic oxidation sites excluding steroid dienone is 1. The summed E-state index contributed by atoms with van der Waals surface area (Å²) in [6, 6.07) is 0. The van der Waals surface area contributed by atoms with Crippen molar-refractivity contribution in [3.63, 3.8) is 0 Å². The van der Waals surface area contributed by atoms with Gasteiger partial charge in [-0.15, -0.1) is 0 Å². The van der Waals surface area contributed by atoms with E-state index in [9.17, 15) is 4.79 Å². The molecule has 0 saturated carbocycles. The maximum absolute atomic E-state index is 9.94. The van der Waals surface area contributed by atoms with Crippen molar-refractivity contribution in [1.82, 2.24) is 5.32 Å². The Bertz CT molecular complexity index is 125. The third-order valence-electron chi connectivity index (χ3n) is 0.794. The van der Waals surface area contributed by atoms with Gasteiger partial charge in [-0.05, 0) is 0 Å². The highest BCUT2D eigenvalue weighted by molar-refractivity contribution is 9.09. The third kappa shape index (κ3) is 7.65. The molecule has 10 heavy (non-hydrogen) atoms. The summed E-state index contributed by atoms with van der Waals surface area (Å²) in [6.07, 6.45) is 3.78. The largest absolute Gasteiger partial charge is 0.480 e. The van der Waals surface area contributed by atoms with Crippen molar-refractivity contribution in [2.24, 2.45) is 0 Å². The van der Waals surface area contributed by atoms with Gasteiger partial charge in [0.25, 0.3) is 0 Å². The lowest BCUT2D eigenvalue weighted by Crippen LogP contribution is -2.22. The number of hydrogen-bond donors (Lipinski definition) is 2. The van der Waals surface area contributed by atoms with E-state index in [1.807, 2.05) is 12.2 Å². The summed E-state index contributed by atoms with van der Waals surface area (Å²) in [6.45, 7) is 0.629. The average Bonchev–Trinajstić information content (AvgIpc) is 1.87. The molecule has 0 aliphatic rings. The molecule has 0 aromatic carbocycles. The Kier molecular flexibility index (Phi) is 6.53. The van der Waals surface area contributed by atoms with Crippen LogP contribution < -0.4 is 5.32 Å². The van der Waals surface area contributed by atoms with E-state index in [0.29, 0.717) is 6.54 Å². The number of aliphatic carboxylic acids is 1. The minimum atomic E-state index is -0.827. The van der Waals surface area contributed by atoms with E-state index in [4.69, 9.17) is 5.11 Å². The van der Waals surface area contributed by atoms with Gasteiger partial charge in [0.1, 0.15) is 0 Å². The van der Waals surface area contributed by atoms with Crippen LogP contribution in [0.3, 0.4) is 0 Å². The van der Waals surface area contributed by atoms with Crippen LogP contribution in [-0.4, -0.2) is 29.5 Å². The monoisotopic (exact) mass is 207 g/mol. The number of hydrogen-bond acceptors (Lipinski definition) is 2. The summed E-state index contributed by atoms with van der Waals surface area (Å²) < 4.78 is 0. The van der Waals surface area contributed by atoms with Crippen molar-refractivity contribution < 1.29 is 9.90 Å². The number of alkyl halides is 1. The zero-order valence-corrected chi connectivity index (χ0v) is 7.10. The van der Waals surface area contributed by atoms with Gasteiger partial charge in [-0.1, -0.05) is 28.1 Å². The molecule has 0 fully saturated rings. The SMILES string of the molecule is O=C(O)CNCC=CCBr. The molecular weight excluding hydrogens is 198 g/mol. The first kappa shape index (κ1) is 9.65. The maximum atomic E-state index is 9.94. The molecule has 4 heteroatoms. The number of halogens is 1. The second-order valence-corrected chi connectivity index (χ2v) is 2.30. The van der Waals surface area contributed by atoms with E-state index in [2.05, 4.69) is 21.2 Å². The number of carbonyl (C=O) groups is 1. The Labute approximate surface area is 68.2 Å². The van der Waals surface area contributed by atoms with Crippen LogP contribution >= 0.6 is 15.9 Å². The van der Waals surface area contributed by atoms with E-state index in [-0.39, 0.29) is 6.54 Å². The molecule has 0 unspecified atom stereocenters. The minimum absolute atomic E-state index is 0.0205. The Morgan fingerprint density at radius 1 is 1.60 bits per heavy atom. The predicted molar refractivity (Wildman–Crippen MR) is 43.4 cm³/mol. The number of carboxylic acids is 1. The molecule has 0 aromatic rings. The molecule has 0 radical (unpaired) electrons. The van der Waals surface area contributed by atoms with Crippen LogP contribution in [0.5, 0.6) is 0 Å². The maximum Gasteiger partial charge on any atom is 0.317 e. The molecule has 0 aliphatic heterocycles. The van der Waals surface area contributed by atoms with Crippen LogP contribution in [-0.2, 0) is 4.79 Å². The minimum Gasteiger partial charge on any atom is -0.480 e. The molecule has 0 spiro atoms. The lowest BCUT2D eigenvalue weighted by atomic mass is 10.5. The lowest BCUT2D eigenvalue weighted by molar-refractivity contribution is -0.135. The van der Waals surface area contributed by atoms with Crippen molar-refractivity contribution in [3.05, 3.63) is 12.2 Å². The molecule has 0 atom stereocenters. The number of carboxylic acid groups (broad SMARTS) is 1. The average molecular weight is 208 g/mol. The summed E-state index contributed by atoms with van der Waals surface area (Å²) in [7, 11) is 0. The summed E-state index contributed by atoms with van der Waals surface area (Å²) in [5.74, 6) is -0.827. The highest BCUT2D eigenvalue weighted by Gasteiger charge is 1.90. The Balaban J connectivity index is 3.05. The fourth-order valence-corrected chi connectivity index (χ4v) is 0.673. The lowest BCUT2D eigenvalue weighted by Gasteiger charge is -1.93. The van der Waals surface area contributed by atoms with E-state index in [1.54, 1.807) is 0 Å². The summed E-state index contributed by atoms with van der Waals surface area (Å²) >= 11 is 3.20. The van der Waals surface area contributed by atoms with E-state index in [1.165, 1.54) is 0 Å². The molecule has 3 nitrogen and oxygen atoms in total. The molecule has 0 amide bonds. The Morgan fingerprint density at radius 2 is 2.30 bits per heavy atom. The van der Waals surface area contributed by atoms with Gasteiger partial charge in [0.2, 0.25) is 0 Å². The van der Waals surface area contributed by atoms with Gasteiger partial charge in [0.15, 0.2) is 0 Å². The van der Waals surface area contributed by atoms with Crippen LogP contribution in [0.2, 0.25) is 0 Å². The highest BCUT2D eigenvalue weighted by Crippen LogP contribution is 1.79. The molecule has 0 rings (SSSR count). The Morgan fingerprint density at radius 3 is 2.80 bits per heavy atom. The van der Waals surface area contributed by atoms with Crippen molar-refractivity contribution in [1.29, 1.82) is 0 Å². The first-order chi connectivity index (χ1) is 4.77. The van der Waals surface area contributed by atoms with Crippen LogP contribution in [0.25, 0.3) is 0 Å². The third-order valence-corrected chi connectivity index (χ3v) is 1.17. The van der Waals surface area contributed by atoms with Gasteiger partial charge in [0, 0.05) is 11.9 Å². The van der Waals surface area contributed by atoms with Crippen LogP contribution in [0.1, 0.15) is 0 Å². The van der Waals surface area contributed by atoms with Crippen molar-refractivity contribution in [2.45, 2.75) is 0 Å². The van der Waals surface area contributed by atoms with E-state index < -0.39 is 5.97 Å². The van der Waals surface area contributed by atoms with Gasteiger partial charge < -0.3 is 10.4 Å². The van der Waals surface area contributed by atoms with Crippen LogP contribution in [0, 0.1) is 0 Å². The highest BCUT2D eigenvalue weighted by atomic mass is 79.9. The molecule has 0 saturated heterocycles. The van der Waals surface area contributed by atoms with Crippen LogP contribution in [0.4, 0.5) is 0 Å². The van der Waals surface area contributed by atoms with Gasteiger partial charge in [-0.3, -0.25) is 4.79 Å². The molecule has 2 N–H and O–H groups in total. The second-order valence-electron chi connectivity index (χ2n) is 1.65. The van der Waals surface area contributed by atoms with Gasteiger partial charge in [-0.2, -0.15) is 0 Å². The number of nitrogens with one attached hydrogen (secondary N) is 1. The first-order valence-corrected chi connectivity index (χ1v) is 4.03. The molecule has 58 valence electrons. The molecule has 0 heterocycles. The quantitative estimate of drug-likeness (QED) is 0.395. The van der Waals surface area contributed by atoms with Crippen molar-refractivity contribution in [2.75, 3.05) is 18.4 Å². The smallest absolute Gasteiger partial charge is 0.317 e. The zero-order chi connectivity index (χ0) is 7.82.